The van der Waals surface area contributed by atoms with Gasteiger partial charge in [-0.15, -0.1) is 0 Å². The summed E-state index contributed by atoms with van der Waals surface area (Å²) in [6.07, 6.45) is 1.23. The average molecular weight is 309 g/mol. The Balaban J connectivity index is 2.16. The minimum atomic E-state index is -3.38. The summed E-state index contributed by atoms with van der Waals surface area (Å²) in [6, 6.07) is 4.66. The highest BCUT2D eigenvalue weighted by Gasteiger charge is 2.27. The molecule has 0 aromatic heterocycles. The molecule has 1 aromatic carbocycles. The van der Waals surface area contributed by atoms with Crippen LogP contribution in [-0.4, -0.2) is 26.8 Å². The van der Waals surface area contributed by atoms with Crippen molar-refractivity contribution in [1.29, 1.82) is 0 Å². The van der Waals surface area contributed by atoms with Crippen molar-refractivity contribution in [2.75, 3.05) is 17.8 Å². The summed E-state index contributed by atoms with van der Waals surface area (Å²) in [4.78, 5) is 0. The van der Waals surface area contributed by atoms with Crippen LogP contribution >= 0.6 is 23.2 Å². The first-order chi connectivity index (χ1) is 8.47. The van der Waals surface area contributed by atoms with Crippen molar-refractivity contribution in [1.82, 2.24) is 5.32 Å². The predicted molar refractivity (Wildman–Crippen MR) is 74.9 cm³/mol. The zero-order valence-electron chi connectivity index (χ0n) is 9.62. The van der Waals surface area contributed by atoms with E-state index in [0.717, 1.165) is 13.1 Å². The molecule has 1 aromatic rings. The largest absolute Gasteiger partial charge is 0.317 e. The second kappa shape index (κ2) is 5.65. The van der Waals surface area contributed by atoms with Crippen molar-refractivity contribution < 1.29 is 8.42 Å². The lowest BCUT2D eigenvalue weighted by atomic mass is 10.2. The molecular weight excluding hydrogens is 295 g/mol. The Labute approximate surface area is 117 Å². The molecule has 0 atom stereocenters. The molecule has 18 heavy (non-hydrogen) atoms. The van der Waals surface area contributed by atoms with E-state index in [1.54, 1.807) is 18.2 Å². The lowest BCUT2D eigenvalue weighted by Gasteiger charge is -2.23. The number of hydrogen-bond acceptors (Lipinski definition) is 3. The van der Waals surface area contributed by atoms with E-state index in [-0.39, 0.29) is 5.25 Å². The molecule has 100 valence electrons. The molecule has 0 spiro atoms. The van der Waals surface area contributed by atoms with Crippen LogP contribution in [0.2, 0.25) is 10.0 Å². The summed E-state index contributed by atoms with van der Waals surface area (Å²) in [5, 5.41) is 3.59. The van der Waals surface area contributed by atoms with Crippen LogP contribution in [0.1, 0.15) is 12.8 Å². The van der Waals surface area contributed by atoms with Gasteiger partial charge in [-0.1, -0.05) is 23.2 Å². The van der Waals surface area contributed by atoms with Gasteiger partial charge in [-0.25, -0.2) is 8.42 Å². The summed E-state index contributed by atoms with van der Waals surface area (Å²) in [6.45, 7) is 1.45. The number of anilines is 1. The average Bonchev–Trinajstić information content (AvgIpc) is 2.28. The van der Waals surface area contributed by atoms with Gasteiger partial charge in [0.25, 0.3) is 0 Å². The minimum absolute atomic E-state index is 0.364. The van der Waals surface area contributed by atoms with Crippen molar-refractivity contribution in [3.05, 3.63) is 28.2 Å². The number of sulfonamides is 1. The van der Waals surface area contributed by atoms with Crippen molar-refractivity contribution in [3.63, 3.8) is 0 Å². The number of piperidine rings is 1. The van der Waals surface area contributed by atoms with Crippen LogP contribution in [0.4, 0.5) is 5.69 Å². The molecule has 2 rings (SSSR count). The molecule has 0 saturated carbocycles. The molecule has 7 heteroatoms. The zero-order valence-corrected chi connectivity index (χ0v) is 11.9. The highest BCUT2D eigenvalue weighted by molar-refractivity contribution is 7.93. The predicted octanol–water partition coefficient (Wildman–Crippen LogP) is 2.49. The smallest absolute Gasteiger partial charge is 0.235 e. The lowest BCUT2D eigenvalue weighted by Crippen LogP contribution is -2.38. The Morgan fingerprint density at radius 1 is 1.11 bits per heavy atom. The molecule has 4 nitrogen and oxygen atoms in total. The Bertz CT molecular complexity index is 508. The quantitative estimate of drug-likeness (QED) is 0.902. The van der Waals surface area contributed by atoms with Gasteiger partial charge in [0, 0.05) is 10.0 Å². The van der Waals surface area contributed by atoms with Gasteiger partial charge in [0.2, 0.25) is 10.0 Å². The van der Waals surface area contributed by atoms with Crippen LogP contribution in [0, 0.1) is 0 Å². The Morgan fingerprint density at radius 3 is 2.22 bits per heavy atom. The van der Waals surface area contributed by atoms with Crippen molar-refractivity contribution in [2.45, 2.75) is 18.1 Å². The highest BCUT2D eigenvalue weighted by atomic mass is 35.5. The fourth-order valence-electron chi connectivity index (χ4n) is 1.97. The minimum Gasteiger partial charge on any atom is -0.317 e. The van der Waals surface area contributed by atoms with Crippen molar-refractivity contribution in [2.24, 2.45) is 0 Å². The van der Waals surface area contributed by atoms with E-state index in [2.05, 4.69) is 10.0 Å². The Morgan fingerprint density at radius 2 is 1.67 bits per heavy atom. The van der Waals surface area contributed by atoms with Gasteiger partial charge < -0.3 is 5.32 Å². The number of benzene rings is 1. The van der Waals surface area contributed by atoms with Crippen LogP contribution in [0.25, 0.3) is 0 Å². The first-order valence-corrected chi connectivity index (χ1v) is 7.96. The van der Waals surface area contributed by atoms with Crippen LogP contribution < -0.4 is 10.0 Å². The van der Waals surface area contributed by atoms with Crippen LogP contribution in [0.15, 0.2) is 18.2 Å². The molecule has 2 N–H and O–H groups in total. The standard InChI is InChI=1S/C11H14Cl2N2O2S/c12-8-5-9(13)7-10(6-8)15-18(16,17)11-1-3-14-4-2-11/h5-7,11,14-15H,1-4H2. The topological polar surface area (TPSA) is 58.2 Å². The molecule has 1 aliphatic heterocycles. The van der Waals surface area contributed by atoms with Gasteiger partial charge in [-0.3, -0.25) is 4.72 Å². The van der Waals surface area contributed by atoms with Gasteiger partial charge in [0.05, 0.1) is 10.9 Å². The number of rotatable bonds is 3. The maximum absolute atomic E-state index is 12.2. The van der Waals surface area contributed by atoms with E-state index >= 15 is 0 Å². The molecule has 1 heterocycles. The van der Waals surface area contributed by atoms with Crippen LogP contribution in [0.3, 0.4) is 0 Å². The number of hydrogen-bond donors (Lipinski definition) is 2. The molecule has 0 aliphatic carbocycles. The molecule has 0 unspecified atom stereocenters. The molecule has 1 aliphatic rings. The molecule has 0 radical (unpaired) electrons. The second-order valence-corrected chi connectivity index (χ2v) is 7.09. The summed E-state index contributed by atoms with van der Waals surface area (Å²) >= 11 is 11.7. The number of halogens is 2. The monoisotopic (exact) mass is 308 g/mol. The van der Waals surface area contributed by atoms with Crippen molar-refractivity contribution >= 4 is 38.9 Å². The lowest BCUT2D eigenvalue weighted by molar-refractivity contribution is 0.499. The maximum atomic E-state index is 12.2. The first kappa shape index (κ1) is 13.9. The maximum Gasteiger partial charge on any atom is 0.235 e. The van der Waals surface area contributed by atoms with E-state index in [1.807, 2.05) is 0 Å². The summed E-state index contributed by atoms with van der Waals surface area (Å²) in [5.74, 6) is 0. The first-order valence-electron chi connectivity index (χ1n) is 5.66. The fraction of sp³-hybridized carbons (Fsp3) is 0.455. The fourth-order valence-corrected chi connectivity index (χ4v) is 3.96. The normalized spacial score (nSPS) is 17.7. The second-order valence-electron chi connectivity index (χ2n) is 4.25. The SMILES string of the molecule is O=S(=O)(Nc1cc(Cl)cc(Cl)c1)C1CCNCC1. The van der Waals surface area contributed by atoms with E-state index in [1.165, 1.54) is 0 Å². The summed E-state index contributed by atoms with van der Waals surface area (Å²) in [7, 11) is -3.38. The van der Waals surface area contributed by atoms with Gasteiger partial charge in [0.1, 0.15) is 0 Å². The van der Waals surface area contributed by atoms with Crippen LogP contribution in [-0.2, 0) is 10.0 Å². The van der Waals surface area contributed by atoms with E-state index in [9.17, 15) is 8.42 Å². The summed E-state index contributed by atoms with van der Waals surface area (Å²) < 4.78 is 26.9. The van der Waals surface area contributed by atoms with Crippen molar-refractivity contribution in [3.8, 4) is 0 Å². The molecule has 0 bridgehead atoms. The molecular formula is C11H14Cl2N2O2S. The van der Waals surface area contributed by atoms with E-state index in [0.29, 0.717) is 28.6 Å². The van der Waals surface area contributed by atoms with E-state index in [4.69, 9.17) is 23.2 Å². The third-order valence-corrected chi connectivity index (χ3v) is 5.15. The third-order valence-electron chi connectivity index (χ3n) is 2.85. The molecule has 1 fully saturated rings. The highest BCUT2D eigenvalue weighted by Crippen LogP contribution is 2.25. The van der Waals surface area contributed by atoms with Gasteiger partial charge in [-0.2, -0.15) is 0 Å². The Kier molecular flexibility index (Phi) is 4.37. The summed E-state index contributed by atoms with van der Waals surface area (Å²) in [5.41, 5.74) is 0.408. The van der Waals surface area contributed by atoms with Gasteiger partial charge in [-0.05, 0) is 44.1 Å². The molecule has 1 saturated heterocycles. The molecule has 0 amide bonds. The Hall–Kier alpha value is -0.490. The van der Waals surface area contributed by atoms with Crippen LogP contribution in [0.5, 0.6) is 0 Å². The van der Waals surface area contributed by atoms with Gasteiger partial charge in [0.15, 0.2) is 0 Å². The third kappa shape index (κ3) is 3.51. The number of nitrogens with one attached hydrogen (secondary N) is 2. The zero-order chi connectivity index (χ0) is 13.2. The van der Waals surface area contributed by atoms with E-state index < -0.39 is 10.0 Å². The van der Waals surface area contributed by atoms with Gasteiger partial charge >= 0.3 is 0 Å².